The second-order valence-corrected chi connectivity index (χ2v) is 8.57. The molecule has 0 bridgehead atoms. The van der Waals surface area contributed by atoms with Crippen molar-refractivity contribution in [1.82, 2.24) is 9.62 Å². The van der Waals surface area contributed by atoms with Crippen LogP contribution in [0.3, 0.4) is 0 Å². The highest BCUT2D eigenvalue weighted by Crippen LogP contribution is 2.52. The van der Waals surface area contributed by atoms with Crippen LogP contribution in [-0.4, -0.2) is 43.4 Å². The Kier molecular flexibility index (Phi) is 5.61. The molecule has 1 aromatic carbocycles. The van der Waals surface area contributed by atoms with E-state index in [1.807, 2.05) is 5.32 Å². The first kappa shape index (κ1) is 20.6. The zero-order chi connectivity index (χ0) is 19.9. The first-order valence-corrected chi connectivity index (χ1v) is 9.44. The van der Waals surface area contributed by atoms with Gasteiger partial charge in [0.2, 0.25) is 5.96 Å². The van der Waals surface area contributed by atoms with Crippen molar-refractivity contribution in [2.75, 3.05) is 12.8 Å². The summed E-state index contributed by atoms with van der Waals surface area (Å²) < 4.78 is 61.9. The molecule has 0 saturated heterocycles. The molecule has 0 spiro atoms. The van der Waals surface area contributed by atoms with Crippen LogP contribution in [0.2, 0.25) is 0 Å². The van der Waals surface area contributed by atoms with E-state index in [2.05, 4.69) is 20.9 Å². The summed E-state index contributed by atoms with van der Waals surface area (Å²) >= 11 is 2.54. The van der Waals surface area contributed by atoms with Crippen LogP contribution in [0.25, 0.3) is 6.08 Å². The average molecular weight is 458 g/mol. The summed E-state index contributed by atoms with van der Waals surface area (Å²) in [6.07, 6.45) is -0.637. The van der Waals surface area contributed by atoms with Crippen LogP contribution in [-0.2, 0) is 5.54 Å². The van der Waals surface area contributed by atoms with Gasteiger partial charge < -0.3 is 5.11 Å². The molecule has 1 aliphatic heterocycles. The Bertz CT molecular complexity index is 817. The van der Waals surface area contributed by atoms with E-state index in [9.17, 15) is 27.1 Å². The minimum absolute atomic E-state index is 0.0344. The molecule has 12 heteroatoms. The maximum Gasteiger partial charge on any atom is 0.411 e. The molecular weight excluding hydrogens is 443 g/mol. The third-order valence-electron chi connectivity index (χ3n) is 3.69. The predicted octanol–water partition coefficient (Wildman–Crippen LogP) is 4.08. The second-order valence-electron chi connectivity index (χ2n) is 5.71. The van der Waals surface area contributed by atoms with Crippen molar-refractivity contribution >= 4 is 44.8 Å². The van der Waals surface area contributed by atoms with Crippen molar-refractivity contribution in [1.29, 1.82) is 0 Å². The highest BCUT2D eigenvalue weighted by atomic mass is 79.9. The summed E-state index contributed by atoms with van der Waals surface area (Å²) in [7, 11) is -2.39. The third kappa shape index (κ3) is 4.14. The van der Waals surface area contributed by atoms with Gasteiger partial charge >= 0.3 is 6.09 Å². The number of amides is 1. The Morgan fingerprint density at radius 1 is 1.46 bits per heavy atom. The zero-order valence-electron chi connectivity index (χ0n) is 13.5. The minimum atomic E-state index is -3.59. The number of carbonyl (C=O) groups is 1. The SMILES string of the molecule is CN1C(NC(=O)O)=NC(C)(c2cc(C=C(F)Br)cc(F)c2F)CS1(O)O. The van der Waals surface area contributed by atoms with Crippen molar-refractivity contribution in [2.45, 2.75) is 12.5 Å². The lowest BCUT2D eigenvalue weighted by molar-refractivity contribution is 0.199. The molecule has 1 unspecified atom stereocenters. The molecule has 0 aromatic heterocycles. The summed E-state index contributed by atoms with van der Waals surface area (Å²) in [5.74, 6) is -3.57. The first-order chi connectivity index (χ1) is 11.9. The average Bonchev–Trinajstić information content (AvgIpc) is 2.46. The fourth-order valence-electron chi connectivity index (χ4n) is 2.50. The molecule has 0 radical (unpaired) electrons. The molecule has 26 heavy (non-hydrogen) atoms. The summed E-state index contributed by atoms with van der Waals surface area (Å²) in [5, 5.41) is 10.8. The fraction of sp³-hybridized carbons (Fsp3) is 0.286. The Labute approximate surface area is 156 Å². The monoisotopic (exact) mass is 457 g/mol. The first-order valence-electron chi connectivity index (χ1n) is 6.97. The molecular formula is C14H15BrF3N3O4S. The maximum atomic E-state index is 14.4. The predicted molar refractivity (Wildman–Crippen MR) is 95.8 cm³/mol. The minimum Gasteiger partial charge on any atom is -0.465 e. The maximum absolute atomic E-state index is 14.4. The molecule has 7 nitrogen and oxygen atoms in total. The Morgan fingerprint density at radius 2 is 2.08 bits per heavy atom. The molecule has 1 heterocycles. The van der Waals surface area contributed by atoms with E-state index < -0.39 is 50.5 Å². The molecule has 144 valence electrons. The van der Waals surface area contributed by atoms with Gasteiger partial charge in [0, 0.05) is 12.6 Å². The third-order valence-corrected chi connectivity index (χ3v) is 5.92. The standard InChI is InChI=1S/C14H15BrF3N3O4S/c1-14(6-26(24,25)21(2)12(20-14)19-13(22)23)8-3-7(5-10(15)17)4-9(16)11(8)18/h3-5,24-25H,6H2,1-2H3,(H,19,20)(H,22,23). The van der Waals surface area contributed by atoms with Crippen molar-refractivity contribution in [3.8, 4) is 0 Å². The van der Waals surface area contributed by atoms with Crippen LogP contribution in [0.15, 0.2) is 21.9 Å². The molecule has 2 rings (SSSR count). The number of nitrogens with zero attached hydrogens (tertiary/aromatic N) is 2. The van der Waals surface area contributed by atoms with Crippen LogP contribution >= 0.6 is 26.7 Å². The number of aliphatic imine (C=N–C) groups is 1. The Balaban J connectivity index is 2.68. The molecule has 0 aliphatic carbocycles. The number of nitrogens with one attached hydrogen (secondary N) is 1. The van der Waals surface area contributed by atoms with Gasteiger partial charge in [0.05, 0.1) is 5.75 Å². The van der Waals surface area contributed by atoms with Gasteiger partial charge in [-0.05, 0) is 46.6 Å². The van der Waals surface area contributed by atoms with Gasteiger partial charge in [0.1, 0.15) is 5.54 Å². The van der Waals surface area contributed by atoms with Crippen LogP contribution in [0.1, 0.15) is 18.1 Å². The molecule has 1 aliphatic rings. The van der Waals surface area contributed by atoms with Gasteiger partial charge in [-0.25, -0.2) is 22.9 Å². The normalized spacial score (nSPS) is 24.1. The molecule has 1 aromatic rings. The lowest BCUT2D eigenvalue weighted by atomic mass is 9.92. The summed E-state index contributed by atoms with van der Waals surface area (Å²) in [5.41, 5.74) is -2.14. The molecule has 4 N–H and O–H groups in total. The van der Waals surface area contributed by atoms with Crippen LogP contribution < -0.4 is 5.32 Å². The van der Waals surface area contributed by atoms with Crippen molar-refractivity contribution < 1.29 is 32.2 Å². The van der Waals surface area contributed by atoms with Gasteiger partial charge in [0.25, 0.3) is 0 Å². The van der Waals surface area contributed by atoms with E-state index in [1.165, 1.54) is 14.0 Å². The number of halogens is 4. The quantitative estimate of drug-likeness (QED) is 0.535. The molecule has 1 amide bonds. The van der Waals surface area contributed by atoms with E-state index in [-0.39, 0.29) is 11.1 Å². The zero-order valence-corrected chi connectivity index (χ0v) is 15.9. The Morgan fingerprint density at radius 3 is 2.62 bits per heavy atom. The number of hydrogen-bond acceptors (Lipinski definition) is 5. The summed E-state index contributed by atoms with van der Waals surface area (Å²) in [6.45, 7) is 1.29. The van der Waals surface area contributed by atoms with Gasteiger partial charge in [0.15, 0.2) is 16.4 Å². The smallest absolute Gasteiger partial charge is 0.411 e. The number of hydrogen-bond donors (Lipinski definition) is 4. The van der Waals surface area contributed by atoms with Gasteiger partial charge in [-0.15, -0.1) is 10.8 Å². The van der Waals surface area contributed by atoms with Crippen LogP contribution in [0.4, 0.5) is 18.0 Å². The largest absolute Gasteiger partial charge is 0.465 e. The van der Waals surface area contributed by atoms with E-state index in [1.54, 1.807) is 0 Å². The van der Waals surface area contributed by atoms with E-state index in [4.69, 9.17) is 5.11 Å². The topological polar surface area (TPSA) is 105 Å². The second kappa shape index (κ2) is 7.10. The van der Waals surface area contributed by atoms with Gasteiger partial charge in [-0.1, -0.05) is 0 Å². The van der Waals surface area contributed by atoms with E-state index in [0.29, 0.717) is 0 Å². The van der Waals surface area contributed by atoms with Crippen molar-refractivity contribution in [3.63, 3.8) is 0 Å². The fourth-order valence-corrected chi connectivity index (χ4v) is 4.30. The highest BCUT2D eigenvalue weighted by molar-refractivity contribution is 9.11. The van der Waals surface area contributed by atoms with Crippen molar-refractivity contribution in [3.05, 3.63) is 39.6 Å². The summed E-state index contributed by atoms with van der Waals surface area (Å²) in [4.78, 5) is 14.9. The number of benzene rings is 1. The van der Waals surface area contributed by atoms with Crippen LogP contribution in [0.5, 0.6) is 0 Å². The number of rotatable bonds is 2. The highest BCUT2D eigenvalue weighted by Gasteiger charge is 2.43. The van der Waals surface area contributed by atoms with E-state index >= 15 is 0 Å². The lowest BCUT2D eigenvalue weighted by Crippen LogP contribution is -2.51. The molecule has 0 fully saturated rings. The molecule has 1 atom stereocenters. The van der Waals surface area contributed by atoms with Gasteiger partial charge in [-0.3, -0.25) is 14.4 Å². The van der Waals surface area contributed by atoms with E-state index in [0.717, 1.165) is 22.5 Å². The Hall–Kier alpha value is -1.76. The lowest BCUT2D eigenvalue weighted by Gasteiger charge is -2.49. The van der Waals surface area contributed by atoms with Crippen molar-refractivity contribution in [2.24, 2.45) is 4.99 Å². The summed E-state index contributed by atoms with van der Waals surface area (Å²) in [6, 6.07) is 1.86. The van der Waals surface area contributed by atoms with Gasteiger partial charge in [-0.2, -0.15) is 4.39 Å². The van der Waals surface area contributed by atoms with Crippen LogP contribution in [0, 0.1) is 11.6 Å². The molecule has 0 saturated carbocycles. The number of carboxylic acid groups (broad SMARTS) is 1. The number of guanidine groups is 1.